The van der Waals surface area contributed by atoms with Crippen molar-refractivity contribution >= 4 is 11.6 Å². The van der Waals surface area contributed by atoms with Gasteiger partial charge in [-0.25, -0.2) is 0 Å². The zero-order valence-corrected chi connectivity index (χ0v) is 12.8. The monoisotopic (exact) mass is 284 g/mol. The minimum absolute atomic E-state index is 0.0869. The molecule has 1 aromatic heterocycles. The lowest BCUT2D eigenvalue weighted by Gasteiger charge is -2.18. The maximum absolute atomic E-state index is 12.3. The average Bonchev–Trinajstić information content (AvgIpc) is 2.47. The second-order valence-corrected chi connectivity index (χ2v) is 5.86. The molecule has 4 nitrogen and oxygen atoms in total. The Labute approximate surface area is 125 Å². The van der Waals surface area contributed by atoms with E-state index >= 15 is 0 Å². The second-order valence-electron chi connectivity index (χ2n) is 5.86. The summed E-state index contributed by atoms with van der Waals surface area (Å²) in [5.74, 6) is 0.611. The Morgan fingerprint density at radius 2 is 1.81 bits per heavy atom. The van der Waals surface area contributed by atoms with E-state index in [9.17, 15) is 4.79 Å². The lowest BCUT2D eigenvalue weighted by Crippen LogP contribution is -2.17. The molecule has 0 fully saturated rings. The Kier molecular flexibility index (Phi) is 4.26. The lowest BCUT2D eigenvalue weighted by atomic mass is 9.91. The number of aromatic nitrogens is 1. The van der Waals surface area contributed by atoms with Crippen LogP contribution in [0.5, 0.6) is 5.75 Å². The van der Waals surface area contributed by atoms with E-state index in [1.807, 2.05) is 30.3 Å². The van der Waals surface area contributed by atoms with Gasteiger partial charge in [-0.05, 0) is 36.4 Å². The summed E-state index contributed by atoms with van der Waals surface area (Å²) < 4.78 is 5.09. The summed E-state index contributed by atoms with van der Waals surface area (Å²) in [4.78, 5) is 16.6. The predicted octanol–water partition coefficient (Wildman–Crippen LogP) is 3.64. The molecule has 2 rings (SSSR count). The first-order valence-electron chi connectivity index (χ1n) is 6.82. The summed E-state index contributed by atoms with van der Waals surface area (Å²) in [6, 6.07) is 10.8. The first kappa shape index (κ1) is 15.0. The summed E-state index contributed by atoms with van der Waals surface area (Å²) in [6.07, 6.45) is 1.67. The molecular formula is C17H20N2O2. The Morgan fingerprint density at radius 3 is 2.38 bits per heavy atom. The predicted molar refractivity (Wildman–Crippen MR) is 83.9 cm³/mol. The molecule has 0 unspecified atom stereocenters. The summed E-state index contributed by atoms with van der Waals surface area (Å²) >= 11 is 0. The summed E-state index contributed by atoms with van der Waals surface area (Å²) in [5, 5.41) is 2.87. The van der Waals surface area contributed by atoms with E-state index in [0.29, 0.717) is 5.56 Å². The fraction of sp³-hybridized carbons (Fsp3) is 0.294. The third-order valence-electron chi connectivity index (χ3n) is 3.14. The Balaban J connectivity index is 2.16. The fourth-order valence-corrected chi connectivity index (χ4v) is 1.86. The highest BCUT2D eigenvalue weighted by Crippen LogP contribution is 2.21. The molecular weight excluding hydrogens is 264 g/mol. The largest absolute Gasteiger partial charge is 0.497 e. The number of amides is 1. The first-order valence-corrected chi connectivity index (χ1v) is 6.82. The van der Waals surface area contributed by atoms with E-state index in [1.165, 1.54) is 0 Å². The number of anilines is 1. The van der Waals surface area contributed by atoms with Crippen LogP contribution in [0, 0.1) is 0 Å². The zero-order chi connectivity index (χ0) is 15.5. The molecule has 1 aromatic carbocycles. The van der Waals surface area contributed by atoms with Crippen LogP contribution in [0.15, 0.2) is 42.6 Å². The minimum Gasteiger partial charge on any atom is -0.497 e. The van der Waals surface area contributed by atoms with Crippen LogP contribution in [-0.4, -0.2) is 18.0 Å². The van der Waals surface area contributed by atoms with Crippen LogP contribution in [0.2, 0.25) is 0 Å². The molecule has 110 valence electrons. The molecule has 2 aromatic rings. The fourth-order valence-electron chi connectivity index (χ4n) is 1.86. The van der Waals surface area contributed by atoms with Gasteiger partial charge in [0.2, 0.25) is 0 Å². The topological polar surface area (TPSA) is 51.2 Å². The second kappa shape index (κ2) is 5.95. The highest BCUT2D eigenvalue weighted by Gasteiger charge is 2.17. The van der Waals surface area contributed by atoms with Gasteiger partial charge in [-0.3, -0.25) is 9.78 Å². The summed E-state index contributed by atoms with van der Waals surface area (Å²) in [7, 11) is 1.61. The number of nitrogens with zero attached hydrogens (tertiary/aromatic N) is 1. The Hall–Kier alpha value is -2.36. The molecule has 1 amide bonds. The Bertz CT molecular complexity index is 628. The molecule has 4 heteroatoms. The van der Waals surface area contributed by atoms with E-state index < -0.39 is 0 Å². The molecule has 0 aliphatic carbocycles. The zero-order valence-electron chi connectivity index (χ0n) is 12.8. The normalized spacial score (nSPS) is 11.0. The minimum atomic E-state index is -0.145. The van der Waals surface area contributed by atoms with Crippen molar-refractivity contribution in [3.05, 3.63) is 53.9 Å². The molecule has 0 aliphatic heterocycles. The van der Waals surface area contributed by atoms with E-state index in [1.54, 1.807) is 19.4 Å². The van der Waals surface area contributed by atoms with Gasteiger partial charge in [-0.2, -0.15) is 0 Å². The summed E-state index contributed by atoms with van der Waals surface area (Å²) in [5.41, 5.74) is 2.14. The number of methoxy groups -OCH3 is 1. The van der Waals surface area contributed by atoms with Gasteiger partial charge in [-0.15, -0.1) is 0 Å². The molecule has 0 aliphatic rings. The van der Waals surface area contributed by atoms with E-state index in [0.717, 1.165) is 17.1 Å². The standard InChI is InChI=1S/C17H20N2O2/c1-17(2,3)15-11-12(9-10-18-15)16(20)19-13-5-7-14(21-4)8-6-13/h5-11H,1-4H3,(H,19,20). The molecule has 0 bridgehead atoms. The van der Waals surface area contributed by atoms with Crippen LogP contribution < -0.4 is 10.1 Å². The number of carbonyl (C=O) groups is 1. The van der Waals surface area contributed by atoms with E-state index in [2.05, 4.69) is 31.1 Å². The van der Waals surface area contributed by atoms with Crippen LogP contribution in [-0.2, 0) is 5.41 Å². The van der Waals surface area contributed by atoms with Crippen molar-refractivity contribution < 1.29 is 9.53 Å². The SMILES string of the molecule is COc1ccc(NC(=O)c2ccnc(C(C)(C)C)c2)cc1. The van der Waals surface area contributed by atoms with Gasteiger partial charge in [0.05, 0.1) is 7.11 Å². The van der Waals surface area contributed by atoms with Crippen molar-refractivity contribution in [1.82, 2.24) is 4.98 Å². The average molecular weight is 284 g/mol. The summed E-state index contributed by atoms with van der Waals surface area (Å²) in [6.45, 7) is 6.21. The third kappa shape index (κ3) is 3.81. The number of ether oxygens (including phenoxy) is 1. The van der Waals surface area contributed by atoms with Crippen molar-refractivity contribution in [3.8, 4) is 5.75 Å². The van der Waals surface area contributed by atoms with Crippen LogP contribution in [0.4, 0.5) is 5.69 Å². The van der Waals surface area contributed by atoms with Gasteiger partial charge in [0.15, 0.2) is 0 Å². The highest BCUT2D eigenvalue weighted by atomic mass is 16.5. The Morgan fingerprint density at radius 1 is 1.14 bits per heavy atom. The van der Waals surface area contributed by atoms with Crippen molar-refractivity contribution in [1.29, 1.82) is 0 Å². The van der Waals surface area contributed by atoms with E-state index in [4.69, 9.17) is 4.74 Å². The van der Waals surface area contributed by atoms with E-state index in [-0.39, 0.29) is 11.3 Å². The van der Waals surface area contributed by atoms with Crippen LogP contribution >= 0.6 is 0 Å². The molecule has 0 saturated heterocycles. The number of nitrogens with one attached hydrogen (secondary N) is 1. The molecule has 0 saturated carbocycles. The molecule has 1 heterocycles. The number of benzene rings is 1. The molecule has 0 spiro atoms. The van der Waals surface area contributed by atoms with Gasteiger partial charge < -0.3 is 10.1 Å². The number of rotatable bonds is 3. The molecule has 21 heavy (non-hydrogen) atoms. The number of hydrogen-bond donors (Lipinski definition) is 1. The first-order chi connectivity index (χ1) is 9.90. The molecule has 0 radical (unpaired) electrons. The van der Waals surface area contributed by atoms with Gasteiger partial charge >= 0.3 is 0 Å². The quantitative estimate of drug-likeness (QED) is 0.936. The van der Waals surface area contributed by atoms with Crippen LogP contribution in [0.25, 0.3) is 0 Å². The highest BCUT2D eigenvalue weighted by molar-refractivity contribution is 6.04. The third-order valence-corrected chi connectivity index (χ3v) is 3.14. The van der Waals surface area contributed by atoms with Gasteiger partial charge in [0.25, 0.3) is 5.91 Å². The van der Waals surface area contributed by atoms with Crippen molar-refractivity contribution in [2.75, 3.05) is 12.4 Å². The number of carbonyl (C=O) groups excluding carboxylic acids is 1. The number of hydrogen-bond acceptors (Lipinski definition) is 3. The number of pyridine rings is 1. The molecule has 1 N–H and O–H groups in total. The van der Waals surface area contributed by atoms with Crippen molar-refractivity contribution in [2.24, 2.45) is 0 Å². The van der Waals surface area contributed by atoms with Gasteiger partial charge in [0.1, 0.15) is 5.75 Å². The van der Waals surface area contributed by atoms with Crippen molar-refractivity contribution in [3.63, 3.8) is 0 Å². The van der Waals surface area contributed by atoms with Crippen LogP contribution in [0.1, 0.15) is 36.8 Å². The van der Waals surface area contributed by atoms with Crippen molar-refractivity contribution in [2.45, 2.75) is 26.2 Å². The van der Waals surface area contributed by atoms with Gasteiger partial charge in [-0.1, -0.05) is 20.8 Å². The van der Waals surface area contributed by atoms with Crippen LogP contribution in [0.3, 0.4) is 0 Å². The van der Waals surface area contributed by atoms with Gasteiger partial charge in [0, 0.05) is 28.6 Å². The lowest BCUT2D eigenvalue weighted by molar-refractivity contribution is 0.102. The molecule has 0 atom stereocenters. The maximum Gasteiger partial charge on any atom is 0.255 e. The maximum atomic E-state index is 12.3. The smallest absolute Gasteiger partial charge is 0.255 e.